The minimum absolute atomic E-state index is 0.0229. The molecular formula is C21H25N3O6. The van der Waals surface area contributed by atoms with Gasteiger partial charge < -0.3 is 20.5 Å². The summed E-state index contributed by atoms with van der Waals surface area (Å²) < 4.78 is 10.6. The Morgan fingerprint density at radius 1 is 1.13 bits per heavy atom. The van der Waals surface area contributed by atoms with Crippen LogP contribution in [0.5, 0.6) is 0 Å². The molecule has 2 rings (SSSR count). The molecule has 0 spiro atoms. The summed E-state index contributed by atoms with van der Waals surface area (Å²) in [5, 5.41) is 13.4. The van der Waals surface area contributed by atoms with Crippen LogP contribution in [0, 0.1) is 10.1 Å². The second-order valence-electron chi connectivity index (χ2n) is 7.65. The second-order valence-corrected chi connectivity index (χ2v) is 7.65. The summed E-state index contributed by atoms with van der Waals surface area (Å²) in [5.74, 6) is -0.665. The third-order valence-corrected chi connectivity index (χ3v) is 3.93. The molecule has 0 bridgehead atoms. The van der Waals surface area contributed by atoms with Crippen molar-refractivity contribution in [3.05, 3.63) is 69.8 Å². The van der Waals surface area contributed by atoms with E-state index in [0.717, 1.165) is 5.56 Å². The van der Waals surface area contributed by atoms with Gasteiger partial charge in [0.2, 0.25) is 0 Å². The maximum atomic E-state index is 12.7. The Bertz CT molecular complexity index is 909. The number of nitrogens with two attached hydrogens (primary N) is 1. The van der Waals surface area contributed by atoms with Crippen LogP contribution in [0.1, 0.15) is 31.9 Å². The molecule has 0 saturated carbocycles. The maximum absolute atomic E-state index is 12.7. The average molecular weight is 415 g/mol. The molecule has 2 aromatic carbocycles. The van der Waals surface area contributed by atoms with E-state index in [1.807, 2.05) is 18.2 Å². The molecule has 0 aliphatic rings. The first kappa shape index (κ1) is 22.7. The van der Waals surface area contributed by atoms with E-state index < -0.39 is 28.6 Å². The van der Waals surface area contributed by atoms with E-state index in [-0.39, 0.29) is 24.4 Å². The fourth-order valence-electron chi connectivity index (χ4n) is 2.61. The molecule has 1 amide bonds. The van der Waals surface area contributed by atoms with Crippen molar-refractivity contribution in [3.63, 3.8) is 0 Å². The van der Waals surface area contributed by atoms with Crippen LogP contribution in [0.3, 0.4) is 0 Å². The molecule has 0 aromatic heterocycles. The SMILES string of the molecule is CC(C)(C)OC(=O)N[C@H](Cc1ccc([N+](=O)[O-])c(N)c1)C(=O)OCc1ccccc1. The van der Waals surface area contributed by atoms with Crippen molar-refractivity contribution in [2.24, 2.45) is 0 Å². The van der Waals surface area contributed by atoms with Crippen molar-refractivity contribution in [3.8, 4) is 0 Å². The summed E-state index contributed by atoms with van der Waals surface area (Å²) in [4.78, 5) is 35.2. The van der Waals surface area contributed by atoms with Crippen LogP contribution in [-0.2, 0) is 27.3 Å². The van der Waals surface area contributed by atoms with Crippen molar-refractivity contribution in [2.75, 3.05) is 5.73 Å². The van der Waals surface area contributed by atoms with E-state index >= 15 is 0 Å². The first-order valence-electron chi connectivity index (χ1n) is 9.28. The molecule has 9 heteroatoms. The number of anilines is 1. The molecule has 3 N–H and O–H groups in total. The van der Waals surface area contributed by atoms with Crippen LogP contribution in [0.4, 0.5) is 16.2 Å². The van der Waals surface area contributed by atoms with Gasteiger partial charge in [-0.1, -0.05) is 36.4 Å². The number of carbonyl (C=O) groups excluding carboxylic acids is 2. The van der Waals surface area contributed by atoms with E-state index in [1.54, 1.807) is 32.9 Å². The summed E-state index contributed by atoms with van der Waals surface area (Å²) in [6.07, 6.45) is -0.756. The number of ether oxygens (including phenoxy) is 2. The number of nitrogens with one attached hydrogen (secondary N) is 1. The minimum Gasteiger partial charge on any atom is -0.459 e. The molecule has 0 aliphatic heterocycles. The molecule has 0 aliphatic carbocycles. The first-order chi connectivity index (χ1) is 14.0. The highest BCUT2D eigenvalue weighted by Gasteiger charge is 2.26. The number of nitro benzene ring substituents is 1. The Labute approximate surface area is 174 Å². The van der Waals surface area contributed by atoms with Gasteiger partial charge in [0.15, 0.2) is 0 Å². The number of alkyl carbamates (subject to hydrolysis) is 1. The lowest BCUT2D eigenvalue weighted by Gasteiger charge is -2.23. The predicted octanol–water partition coefficient (Wildman–Crippen LogP) is 3.36. The Kier molecular flexibility index (Phi) is 7.35. The van der Waals surface area contributed by atoms with E-state index in [1.165, 1.54) is 18.2 Å². The zero-order chi connectivity index (χ0) is 22.3. The smallest absolute Gasteiger partial charge is 0.408 e. The third-order valence-electron chi connectivity index (χ3n) is 3.93. The molecule has 160 valence electrons. The molecule has 2 aromatic rings. The number of esters is 1. The third kappa shape index (κ3) is 7.08. The topological polar surface area (TPSA) is 134 Å². The van der Waals surface area contributed by atoms with Gasteiger partial charge in [0.05, 0.1) is 4.92 Å². The zero-order valence-electron chi connectivity index (χ0n) is 17.1. The highest BCUT2D eigenvalue weighted by molar-refractivity contribution is 5.82. The number of rotatable bonds is 7. The second kappa shape index (κ2) is 9.73. The van der Waals surface area contributed by atoms with Crippen LogP contribution >= 0.6 is 0 Å². The highest BCUT2D eigenvalue weighted by atomic mass is 16.6. The summed E-state index contributed by atoms with van der Waals surface area (Å²) >= 11 is 0. The number of nitrogens with zero attached hydrogens (tertiary/aromatic N) is 1. The van der Waals surface area contributed by atoms with Gasteiger partial charge in [-0.15, -0.1) is 0 Å². The normalized spacial score (nSPS) is 12.0. The predicted molar refractivity (Wildman–Crippen MR) is 111 cm³/mol. The van der Waals surface area contributed by atoms with Crippen LogP contribution in [0.15, 0.2) is 48.5 Å². The zero-order valence-corrected chi connectivity index (χ0v) is 17.1. The molecule has 30 heavy (non-hydrogen) atoms. The molecule has 9 nitrogen and oxygen atoms in total. The number of benzene rings is 2. The molecular weight excluding hydrogens is 390 g/mol. The summed E-state index contributed by atoms with van der Waals surface area (Å²) in [6, 6.07) is 12.2. The summed E-state index contributed by atoms with van der Waals surface area (Å²) in [5.41, 5.74) is 6.02. The van der Waals surface area contributed by atoms with E-state index in [2.05, 4.69) is 5.32 Å². The first-order valence-corrected chi connectivity index (χ1v) is 9.28. The number of amides is 1. The minimum atomic E-state index is -1.07. The number of hydrogen-bond acceptors (Lipinski definition) is 7. The van der Waals surface area contributed by atoms with Crippen molar-refractivity contribution in [1.82, 2.24) is 5.32 Å². The molecule has 0 unspecified atom stereocenters. The lowest BCUT2D eigenvalue weighted by Crippen LogP contribution is -2.45. The quantitative estimate of drug-likeness (QED) is 0.306. The largest absolute Gasteiger partial charge is 0.459 e. The van der Waals surface area contributed by atoms with E-state index in [0.29, 0.717) is 5.56 Å². The van der Waals surface area contributed by atoms with Crippen LogP contribution in [0.2, 0.25) is 0 Å². The Hall–Kier alpha value is -3.62. The number of carbonyl (C=O) groups is 2. The molecule has 0 saturated heterocycles. The summed E-state index contributed by atoms with van der Waals surface area (Å²) in [7, 11) is 0. The van der Waals surface area contributed by atoms with Gasteiger partial charge in [-0.3, -0.25) is 10.1 Å². The van der Waals surface area contributed by atoms with Gasteiger partial charge in [0, 0.05) is 12.5 Å². The van der Waals surface area contributed by atoms with E-state index in [4.69, 9.17) is 15.2 Å². The number of nitro groups is 1. The Balaban J connectivity index is 2.15. The van der Waals surface area contributed by atoms with Crippen molar-refractivity contribution >= 4 is 23.4 Å². The molecule has 0 fully saturated rings. The van der Waals surface area contributed by atoms with Crippen LogP contribution in [0.25, 0.3) is 0 Å². The average Bonchev–Trinajstić information content (AvgIpc) is 2.64. The van der Waals surface area contributed by atoms with Gasteiger partial charge in [-0.05, 0) is 38.0 Å². The fourth-order valence-corrected chi connectivity index (χ4v) is 2.61. The van der Waals surface area contributed by atoms with Gasteiger partial charge in [0.1, 0.15) is 23.9 Å². The van der Waals surface area contributed by atoms with Crippen LogP contribution in [-0.4, -0.2) is 28.6 Å². The Morgan fingerprint density at radius 3 is 2.37 bits per heavy atom. The Morgan fingerprint density at radius 2 is 1.80 bits per heavy atom. The van der Waals surface area contributed by atoms with Crippen molar-refractivity contribution in [1.29, 1.82) is 0 Å². The number of hydrogen-bond donors (Lipinski definition) is 2. The van der Waals surface area contributed by atoms with Crippen LogP contribution < -0.4 is 11.1 Å². The molecule has 0 radical (unpaired) electrons. The van der Waals surface area contributed by atoms with Gasteiger partial charge in [-0.2, -0.15) is 0 Å². The van der Waals surface area contributed by atoms with Gasteiger partial charge >= 0.3 is 12.1 Å². The lowest BCUT2D eigenvalue weighted by atomic mass is 10.0. The number of nitrogen functional groups attached to an aromatic ring is 1. The van der Waals surface area contributed by atoms with E-state index in [9.17, 15) is 19.7 Å². The molecule has 0 heterocycles. The lowest BCUT2D eigenvalue weighted by molar-refractivity contribution is -0.383. The van der Waals surface area contributed by atoms with Crippen molar-refractivity contribution < 1.29 is 24.0 Å². The molecule has 1 atom stereocenters. The van der Waals surface area contributed by atoms with Gasteiger partial charge in [0.25, 0.3) is 5.69 Å². The summed E-state index contributed by atoms with van der Waals surface area (Å²) in [6.45, 7) is 5.14. The van der Waals surface area contributed by atoms with Gasteiger partial charge in [-0.25, -0.2) is 9.59 Å². The standard InChI is InChI=1S/C21H25N3O6/c1-21(2,3)30-20(26)23-17(19(25)29-13-14-7-5-4-6-8-14)12-15-9-10-18(24(27)28)16(22)11-15/h4-11,17H,12-13,22H2,1-3H3,(H,23,26)/t17-/m1/s1. The van der Waals surface area contributed by atoms with Crippen molar-refractivity contribution in [2.45, 2.75) is 45.4 Å². The monoisotopic (exact) mass is 415 g/mol. The maximum Gasteiger partial charge on any atom is 0.408 e. The highest BCUT2D eigenvalue weighted by Crippen LogP contribution is 2.23. The fraction of sp³-hybridized carbons (Fsp3) is 0.333.